The fourth-order valence-electron chi connectivity index (χ4n) is 3.97. The maximum Gasteiger partial charge on any atom is 0.322 e. The molecule has 1 unspecified atom stereocenters. The van der Waals surface area contributed by atoms with Crippen molar-refractivity contribution in [2.75, 3.05) is 13.1 Å². The SMILES string of the molecule is CC1(c2ccc(CNC(=O)C3(n4cccn4)CCNCC3)cc2)NC(=O)NC1=O.Cl. The van der Waals surface area contributed by atoms with Crippen molar-refractivity contribution in [2.24, 2.45) is 0 Å². The van der Waals surface area contributed by atoms with Gasteiger partial charge in [-0.1, -0.05) is 24.3 Å². The van der Waals surface area contributed by atoms with Crippen LogP contribution in [0.3, 0.4) is 0 Å². The van der Waals surface area contributed by atoms with Crippen molar-refractivity contribution in [1.82, 2.24) is 31.0 Å². The standard InChI is InChI=1S/C20H24N6O3.ClH/c1-19(16(27)24-18(29)25-19)15-5-3-14(4-6-15)13-22-17(28)20(7-10-21-11-8-20)26-12-2-9-23-26;/h2-6,9,12,21H,7-8,10-11,13H2,1H3,(H,22,28)(H2,24,25,27,29);1H. The summed E-state index contributed by atoms with van der Waals surface area (Å²) in [4.78, 5) is 36.6. The Labute approximate surface area is 180 Å². The molecule has 0 bridgehead atoms. The number of amides is 4. The molecule has 2 aliphatic rings. The molecule has 2 aliphatic heterocycles. The third-order valence-corrected chi connectivity index (χ3v) is 5.83. The van der Waals surface area contributed by atoms with Gasteiger partial charge in [-0.15, -0.1) is 12.4 Å². The Balaban J connectivity index is 0.00000256. The van der Waals surface area contributed by atoms with Gasteiger partial charge in [-0.2, -0.15) is 5.10 Å². The first kappa shape index (κ1) is 21.8. The number of nitrogens with one attached hydrogen (secondary N) is 4. The van der Waals surface area contributed by atoms with Crippen LogP contribution in [0, 0.1) is 0 Å². The van der Waals surface area contributed by atoms with E-state index in [1.165, 1.54) is 0 Å². The topological polar surface area (TPSA) is 117 Å². The lowest BCUT2D eigenvalue weighted by molar-refractivity contribution is -0.132. The molecular weight excluding hydrogens is 408 g/mol. The third kappa shape index (κ3) is 3.78. The summed E-state index contributed by atoms with van der Waals surface area (Å²) >= 11 is 0. The van der Waals surface area contributed by atoms with E-state index in [0.717, 1.165) is 18.7 Å². The smallest absolute Gasteiger partial charge is 0.322 e. The average molecular weight is 433 g/mol. The minimum atomic E-state index is -1.09. The molecule has 4 amide bonds. The number of carbonyl (C=O) groups excluding carboxylic acids is 3. The zero-order valence-electron chi connectivity index (χ0n) is 16.6. The van der Waals surface area contributed by atoms with Gasteiger partial charge in [0.25, 0.3) is 5.91 Å². The first-order valence-corrected chi connectivity index (χ1v) is 9.66. The molecule has 1 aromatic heterocycles. The van der Waals surface area contributed by atoms with E-state index >= 15 is 0 Å². The molecule has 2 fully saturated rings. The molecule has 1 aromatic carbocycles. The van der Waals surface area contributed by atoms with Crippen LogP contribution in [-0.4, -0.2) is 40.7 Å². The highest BCUT2D eigenvalue weighted by Gasteiger charge is 2.43. The van der Waals surface area contributed by atoms with E-state index < -0.39 is 17.1 Å². The number of carbonyl (C=O) groups is 3. The number of benzene rings is 1. The van der Waals surface area contributed by atoms with Crippen molar-refractivity contribution in [3.05, 3.63) is 53.9 Å². The maximum absolute atomic E-state index is 13.1. The number of imide groups is 1. The molecule has 30 heavy (non-hydrogen) atoms. The molecule has 0 radical (unpaired) electrons. The number of rotatable bonds is 5. The number of hydrogen-bond acceptors (Lipinski definition) is 5. The fraction of sp³-hybridized carbons (Fsp3) is 0.400. The van der Waals surface area contributed by atoms with E-state index in [9.17, 15) is 14.4 Å². The normalized spacial score (nSPS) is 22.6. The molecule has 4 N–H and O–H groups in total. The second kappa shape index (κ2) is 8.45. The quantitative estimate of drug-likeness (QED) is 0.520. The van der Waals surface area contributed by atoms with Crippen LogP contribution in [-0.2, 0) is 27.2 Å². The second-order valence-electron chi connectivity index (χ2n) is 7.65. The van der Waals surface area contributed by atoms with Gasteiger partial charge in [0.15, 0.2) is 0 Å². The average Bonchev–Trinajstić information content (AvgIpc) is 3.36. The van der Waals surface area contributed by atoms with Gasteiger partial charge >= 0.3 is 6.03 Å². The lowest BCUT2D eigenvalue weighted by Crippen LogP contribution is -2.54. The van der Waals surface area contributed by atoms with Crippen molar-refractivity contribution < 1.29 is 14.4 Å². The Morgan fingerprint density at radius 2 is 1.90 bits per heavy atom. The molecular formula is C20H25ClN6O3. The Morgan fingerprint density at radius 1 is 1.20 bits per heavy atom. The summed E-state index contributed by atoms with van der Waals surface area (Å²) in [6.07, 6.45) is 4.87. The fourth-order valence-corrected chi connectivity index (χ4v) is 3.97. The lowest BCUT2D eigenvalue weighted by Gasteiger charge is -2.36. The number of hydrogen-bond donors (Lipinski definition) is 4. The molecule has 1 atom stereocenters. The Kier molecular flexibility index (Phi) is 6.14. The van der Waals surface area contributed by atoms with Gasteiger partial charge in [0.05, 0.1) is 0 Å². The summed E-state index contributed by atoms with van der Waals surface area (Å²) < 4.78 is 1.76. The van der Waals surface area contributed by atoms with E-state index in [2.05, 4.69) is 26.4 Å². The zero-order valence-corrected chi connectivity index (χ0v) is 17.4. The van der Waals surface area contributed by atoms with Crippen LogP contribution in [0.2, 0.25) is 0 Å². The number of nitrogens with zero attached hydrogens (tertiary/aromatic N) is 2. The first-order chi connectivity index (χ1) is 13.9. The number of piperidine rings is 1. The van der Waals surface area contributed by atoms with Crippen LogP contribution in [0.25, 0.3) is 0 Å². The molecule has 2 aromatic rings. The predicted molar refractivity (Wildman–Crippen MR) is 112 cm³/mol. The minimum Gasteiger partial charge on any atom is -0.350 e. The molecule has 2 saturated heterocycles. The molecule has 160 valence electrons. The second-order valence-corrected chi connectivity index (χ2v) is 7.65. The van der Waals surface area contributed by atoms with Gasteiger partial charge in [-0.25, -0.2) is 4.79 Å². The first-order valence-electron chi connectivity index (χ1n) is 9.66. The van der Waals surface area contributed by atoms with Gasteiger partial charge in [0, 0.05) is 18.9 Å². The summed E-state index contributed by atoms with van der Waals surface area (Å²) in [7, 11) is 0. The maximum atomic E-state index is 13.1. The lowest BCUT2D eigenvalue weighted by atomic mass is 9.87. The molecule has 10 heteroatoms. The van der Waals surface area contributed by atoms with Crippen molar-refractivity contribution in [3.8, 4) is 0 Å². The predicted octanol–water partition coefficient (Wildman–Crippen LogP) is 0.755. The van der Waals surface area contributed by atoms with Gasteiger partial charge in [0.1, 0.15) is 11.1 Å². The van der Waals surface area contributed by atoms with Crippen LogP contribution in [0.1, 0.15) is 30.9 Å². The zero-order chi connectivity index (χ0) is 20.5. The van der Waals surface area contributed by atoms with Crippen molar-refractivity contribution in [3.63, 3.8) is 0 Å². The van der Waals surface area contributed by atoms with Crippen molar-refractivity contribution in [1.29, 1.82) is 0 Å². The van der Waals surface area contributed by atoms with Gasteiger partial charge in [-0.3, -0.25) is 19.6 Å². The van der Waals surface area contributed by atoms with Gasteiger partial charge in [-0.05, 0) is 50.0 Å². The van der Waals surface area contributed by atoms with Gasteiger partial charge in [0.2, 0.25) is 5.91 Å². The molecule has 9 nitrogen and oxygen atoms in total. The van der Waals surface area contributed by atoms with E-state index in [4.69, 9.17) is 0 Å². The Morgan fingerprint density at radius 3 is 2.47 bits per heavy atom. The minimum absolute atomic E-state index is 0. The van der Waals surface area contributed by atoms with Crippen molar-refractivity contribution >= 4 is 30.3 Å². The van der Waals surface area contributed by atoms with E-state index in [1.54, 1.807) is 29.9 Å². The molecule has 3 heterocycles. The van der Waals surface area contributed by atoms with E-state index in [-0.39, 0.29) is 24.2 Å². The molecule has 4 rings (SSSR count). The molecule has 0 spiro atoms. The molecule has 0 aliphatic carbocycles. The summed E-state index contributed by atoms with van der Waals surface area (Å²) in [6, 6.07) is 8.61. The summed E-state index contributed by atoms with van der Waals surface area (Å²) in [5.74, 6) is -0.434. The number of urea groups is 1. The monoisotopic (exact) mass is 432 g/mol. The van der Waals surface area contributed by atoms with Crippen LogP contribution in [0.4, 0.5) is 4.79 Å². The summed E-state index contributed by atoms with van der Waals surface area (Å²) in [6.45, 7) is 3.54. The number of aromatic nitrogens is 2. The summed E-state index contributed by atoms with van der Waals surface area (Å²) in [5, 5.41) is 15.5. The number of halogens is 1. The van der Waals surface area contributed by atoms with Gasteiger partial charge < -0.3 is 16.0 Å². The molecule has 0 saturated carbocycles. The Bertz CT molecular complexity index is 925. The summed E-state index contributed by atoms with van der Waals surface area (Å²) in [5.41, 5.74) is -0.186. The third-order valence-electron chi connectivity index (χ3n) is 5.83. The highest BCUT2D eigenvalue weighted by atomic mass is 35.5. The Hall–Kier alpha value is -2.91. The van der Waals surface area contributed by atoms with Crippen molar-refractivity contribution in [2.45, 2.75) is 37.4 Å². The highest BCUT2D eigenvalue weighted by molar-refractivity contribution is 6.07. The highest BCUT2D eigenvalue weighted by Crippen LogP contribution is 2.28. The van der Waals surface area contributed by atoms with E-state index in [0.29, 0.717) is 24.9 Å². The van der Waals surface area contributed by atoms with E-state index in [1.807, 2.05) is 24.4 Å². The van der Waals surface area contributed by atoms with Crippen LogP contribution < -0.4 is 21.3 Å². The van der Waals surface area contributed by atoms with Crippen LogP contribution in [0.15, 0.2) is 42.7 Å². The van der Waals surface area contributed by atoms with Crippen LogP contribution in [0.5, 0.6) is 0 Å². The van der Waals surface area contributed by atoms with Crippen LogP contribution >= 0.6 is 12.4 Å². The largest absolute Gasteiger partial charge is 0.350 e.